The number of carbonyl (C=O) groups is 1. The second-order valence-electron chi connectivity index (χ2n) is 5.44. The molecule has 2 N–H and O–H groups in total. The van der Waals surface area contributed by atoms with E-state index in [1.54, 1.807) is 0 Å². The highest BCUT2D eigenvalue weighted by atomic mass is 35.5. The molecule has 0 radical (unpaired) electrons. The largest absolute Gasteiger partial charge is 0.325 e. The molecule has 0 aliphatic heterocycles. The maximum atomic E-state index is 12.1. The molecule has 1 aliphatic rings. The van der Waals surface area contributed by atoms with Crippen molar-refractivity contribution in [1.29, 1.82) is 0 Å². The van der Waals surface area contributed by atoms with Crippen molar-refractivity contribution in [2.24, 2.45) is 5.73 Å². The summed E-state index contributed by atoms with van der Waals surface area (Å²) in [4.78, 5) is 12.1. The summed E-state index contributed by atoms with van der Waals surface area (Å²) < 4.78 is 0. The van der Waals surface area contributed by atoms with E-state index in [1.807, 2.05) is 24.3 Å². The van der Waals surface area contributed by atoms with E-state index in [2.05, 4.69) is 0 Å². The molecule has 1 fully saturated rings. The number of halogens is 1. The van der Waals surface area contributed by atoms with Gasteiger partial charge in [-0.3, -0.25) is 4.79 Å². The van der Waals surface area contributed by atoms with E-state index >= 15 is 0 Å². The fraction of sp³-hybridized carbons (Fsp3) is 0.533. The van der Waals surface area contributed by atoms with Crippen LogP contribution in [0.25, 0.3) is 0 Å². The molecule has 1 saturated carbocycles. The lowest BCUT2D eigenvalue weighted by molar-refractivity contribution is -0.119. The highest BCUT2D eigenvalue weighted by Gasteiger charge is 2.29. The topological polar surface area (TPSA) is 43.1 Å². The van der Waals surface area contributed by atoms with Gasteiger partial charge in [0.2, 0.25) is 0 Å². The SMILES string of the molecule is NC1(CC(=O)Cc2ccc(Cl)cc2)CCCCC1. The van der Waals surface area contributed by atoms with E-state index in [9.17, 15) is 4.79 Å². The highest BCUT2D eigenvalue weighted by Crippen LogP contribution is 2.29. The van der Waals surface area contributed by atoms with Crippen LogP contribution in [0.1, 0.15) is 44.1 Å². The first kappa shape index (κ1) is 13.6. The molecule has 1 aliphatic carbocycles. The number of hydrogen-bond donors (Lipinski definition) is 1. The minimum absolute atomic E-state index is 0.238. The Morgan fingerprint density at radius 1 is 1.17 bits per heavy atom. The van der Waals surface area contributed by atoms with E-state index in [-0.39, 0.29) is 11.3 Å². The quantitative estimate of drug-likeness (QED) is 0.905. The van der Waals surface area contributed by atoms with Crippen LogP contribution in [-0.2, 0) is 11.2 Å². The number of Topliss-reactive ketones (excluding diaryl/α,β-unsaturated/α-hetero) is 1. The van der Waals surface area contributed by atoms with E-state index in [1.165, 1.54) is 6.42 Å². The monoisotopic (exact) mass is 265 g/mol. The summed E-state index contributed by atoms with van der Waals surface area (Å²) in [7, 11) is 0. The number of benzene rings is 1. The first-order valence-corrected chi connectivity index (χ1v) is 7.00. The first-order valence-electron chi connectivity index (χ1n) is 6.62. The van der Waals surface area contributed by atoms with E-state index < -0.39 is 0 Å². The van der Waals surface area contributed by atoms with Gasteiger partial charge in [-0.25, -0.2) is 0 Å². The molecule has 0 atom stereocenters. The molecule has 0 saturated heterocycles. The summed E-state index contributed by atoms with van der Waals surface area (Å²) in [6.07, 6.45) is 6.52. The third-order valence-corrected chi connectivity index (χ3v) is 3.97. The average molecular weight is 266 g/mol. The molecule has 0 bridgehead atoms. The Hall–Kier alpha value is -0.860. The number of nitrogens with two attached hydrogens (primary N) is 1. The summed E-state index contributed by atoms with van der Waals surface area (Å²) in [5, 5.41) is 0.703. The highest BCUT2D eigenvalue weighted by molar-refractivity contribution is 6.30. The van der Waals surface area contributed by atoms with Crippen LogP contribution in [-0.4, -0.2) is 11.3 Å². The van der Waals surface area contributed by atoms with Crippen LogP contribution >= 0.6 is 11.6 Å². The van der Waals surface area contributed by atoms with Gasteiger partial charge in [0.25, 0.3) is 0 Å². The molecule has 0 aromatic heterocycles. The Bertz CT molecular complexity index is 407. The van der Waals surface area contributed by atoms with Crippen molar-refractivity contribution in [2.45, 2.75) is 50.5 Å². The maximum absolute atomic E-state index is 12.1. The normalized spacial score (nSPS) is 18.6. The van der Waals surface area contributed by atoms with Crippen LogP contribution in [0.2, 0.25) is 5.02 Å². The molecule has 0 unspecified atom stereocenters. The van der Waals surface area contributed by atoms with Crippen LogP contribution in [0, 0.1) is 0 Å². The molecular weight excluding hydrogens is 246 g/mol. The molecule has 18 heavy (non-hydrogen) atoms. The average Bonchev–Trinajstić information content (AvgIpc) is 2.32. The van der Waals surface area contributed by atoms with Crippen LogP contribution in [0.5, 0.6) is 0 Å². The zero-order valence-corrected chi connectivity index (χ0v) is 11.4. The smallest absolute Gasteiger partial charge is 0.139 e. The minimum Gasteiger partial charge on any atom is -0.325 e. The molecule has 2 nitrogen and oxygen atoms in total. The van der Waals surface area contributed by atoms with Gasteiger partial charge in [0, 0.05) is 23.4 Å². The van der Waals surface area contributed by atoms with Gasteiger partial charge in [-0.1, -0.05) is 43.0 Å². The van der Waals surface area contributed by atoms with Crippen LogP contribution in [0.4, 0.5) is 0 Å². The molecule has 2 rings (SSSR count). The van der Waals surface area contributed by atoms with Crippen LogP contribution < -0.4 is 5.73 Å². The second kappa shape index (κ2) is 5.85. The van der Waals surface area contributed by atoms with Crippen LogP contribution in [0.15, 0.2) is 24.3 Å². The minimum atomic E-state index is -0.248. The third-order valence-electron chi connectivity index (χ3n) is 3.71. The Labute approximate surface area is 114 Å². The molecule has 1 aromatic carbocycles. The lowest BCUT2D eigenvalue weighted by atomic mass is 9.78. The van der Waals surface area contributed by atoms with Gasteiger partial charge in [-0.15, -0.1) is 0 Å². The van der Waals surface area contributed by atoms with Gasteiger partial charge in [-0.05, 0) is 30.5 Å². The lowest BCUT2D eigenvalue weighted by Gasteiger charge is -2.32. The summed E-state index contributed by atoms with van der Waals surface area (Å²) in [6.45, 7) is 0. The van der Waals surface area contributed by atoms with Crippen molar-refractivity contribution in [3.05, 3.63) is 34.9 Å². The van der Waals surface area contributed by atoms with Crippen LogP contribution in [0.3, 0.4) is 0 Å². The van der Waals surface area contributed by atoms with E-state index in [4.69, 9.17) is 17.3 Å². The van der Waals surface area contributed by atoms with Gasteiger partial charge >= 0.3 is 0 Å². The Kier molecular flexibility index (Phi) is 4.41. The summed E-state index contributed by atoms with van der Waals surface area (Å²) in [5.41, 5.74) is 7.06. The Morgan fingerprint density at radius 2 is 1.78 bits per heavy atom. The molecule has 0 heterocycles. The molecule has 98 valence electrons. The third kappa shape index (κ3) is 3.82. The maximum Gasteiger partial charge on any atom is 0.139 e. The second-order valence-corrected chi connectivity index (χ2v) is 5.88. The van der Waals surface area contributed by atoms with Crippen molar-refractivity contribution >= 4 is 17.4 Å². The van der Waals surface area contributed by atoms with E-state index in [0.717, 1.165) is 31.2 Å². The van der Waals surface area contributed by atoms with Gasteiger partial charge in [0.15, 0.2) is 0 Å². The lowest BCUT2D eigenvalue weighted by Crippen LogP contribution is -2.43. The number of carbonyl (C=O) groups excluding carboxylic acids is 1. The fourth-order valence-electron chi connectivity index (χ4n) is 2.72. The van der Waals surface area contributed by atoms with Crippen molar-refractivity contribution in [3.63, 3.8) is 0 Å². The summed E-state index contributed by atoms with van der Waals surface area (Å²) in [5.74, 6) is 0.238. The van der Waals surface area contributed by atoms with Crippen molar-refractivity contribution in [3.8, 4) is 0 Å². The fourth-order valence-corrected chi connectivity index (χ4v) is 2.84. The Balaban J connectivity index is 1.90. The van der Waals surface area contributed by atoms with Crippen molar-refractivity contribution in [1.82, 2.24) is 0 Å². The predicted molar refractivity (Wildman–Crippen MR) is 74.8 cm³/mol. The number of rotatable bonds is 4. The number of hydrogen-bond acceptors (Lipinski definition) is 2. The molecular formula is C15H20ClNO. The van der Waals surface area contributed by atoms with Gasteiger partial charge in [0.05, 0.1) is 0 Å². The predicted octanol–water partition coefficient (Wildman–Crippen LogP) is 3.50. The summed E-state index contributed by atoms with van der Waals surface area (Å²) in [6, 6.07) is 7.46. The number of ketones is 1. The van der Waals surface area contributed by atoms with Gasteiger partial charge in [-0.2, -0.15) is 0 Å². The van der Waals surface area contributed by atoms with Crippen molar-refractivity contribution in [2.75, 3.05) is 0 Å². The molecule has 0 amide bonds. The van der Waals surface area contributed by atoms with Crippen molar-refractivity contribution < 1.29 is 4.79 Å². The first-order chi connectivity index (χ1) is 8.57. The van der Waals surface area contributed by atoms with Gasteiger partial charge in [0.1, 0.15) is 5.78 Å². The zero-order chi connectivity index (χ0) is 13.0. The summed E-state index contributed by atoms with van der Waals surface area (Å²) >= 11 is 5.82. The standard InChI is InChI=1S/C15H20ClNO/c16-13-6-4-12(5-7-13)10-14(18)11-15(17)8-2-1-3-9-15/h4-7H,1-3,8-11,17H2. The molecule has 3 heteroatoms. The van der Waals surface area contributed by atoms with E-state index in [0.29, 0.717) is 17.9 Å². The van der Waals surface area contributed by atoms with Gasteiger partial charge < -0.3 is 5.73 Å². The Morgan fingerprint density at radius 3 is 2.39 bits per heavy atom. The molecule has 1 aromatic rings. The molecule has 0 spiro atoms. The zero-order valence-electron chi connectivity index (χ0n) is 10.6.